The molecule has 1 heteroatoms. The van der Waals surface area contributed by atoms with Gasteiger partial charge in [0.2, 0.25) is 0 Å². The summed E-state index contributed by atoms with van der Waals surface area (Å²) in [5.41, 5.74) is 0.815. The van der Waals surface area contributed by atoms with Crippen LogP contribution in [0.5, 0.6) is 0 Å². The predicted molar refractivity (Wildman–Crippen MR) is 65.0 cm³/mol. The molecule has 0 aromatic rings. The predicted octanol–water partition coefficient (Wildman–Crippen LogP) is 2.32. The Morgan fingerprint density at radius 1 is 0.812 bits per heavy atom. The van der Waals surface area contributed by atoms with Gasteiger partial charge in [0.05, 0.1) is 12.6 Å². The maximum absolute atomic E-state index is 2.73. The Morgan fingerprint density at radius 2 is 1.44 bits per heavy atom. The van der Waals surface area contributed by atoms with Crippen LogP contribution in [0.1, 0.15) is 57.8 Å². The van der Waals surface area contributed by atoms with Gasteiger partial charge in [0, 0.05) is 11.8 Å². The van der Waals surface area contributed by atoms with Crippen molar-refractivity contribution in [3.05, 3.63) is 0 Å². The maximum Gasteiger partial charge on any atom is 0.0916 e. The Bertz CT molecular complexity index is 242. The van der Waals surface area contributed by atoms with Crippen molar-refractivity contribution in [3.63, 3.8) is 0 Å². The summed E-state index contributed by atoms with van der Waals surface area (Å²) in [4.78, 5) is 0. The van der Waals surface area contributed by atoms with Crippen LogP contribution in [0.25, 0.3) is 0 Å². The second-order valence-corrected chi connectivity index (χ2v) is 7.41. The quantitative estimate of drug-likeness (QED) is 0.698. The third-order valence-electron chi connectivity index (χ3n) is 6.29. The summed E-state index contributed by atoms with van der Waals surface area (Å²) < 4.78 is 0. The number of nitrogens with two attached hydrogens (primary N) is 1. The first-order valence-corrected chi connectivity index (χ1v) is 7.67. The van der Waals surface area contributed by atoms with E-state index in [0.29, 0.717) is 0 Å². The van der Waals surface area contributed by atoms with Gasteiger partial charge in [0.25, 0.3) is 0 Å². The molecule has 0 unspecified atom stereocenters. The van der Waals surface area contributed by atoms with Crippen molar-refractivity contribution in [3.8, 4) is 0 Å². The maximum atomic E-state index is 2.73. The monoisotopic (exact) mass is 220 g/mol. The molecule has 5 fully saturated rings. The van der Waals surface area contributed by atoms with Crippen LogP contribution in [0.3, 0.4) is 0 Å². The molecule has 1 saturated heterocycles. The molecule has 1 atom stereocenters. The van der Waals surface area contributed by atoms with Crippen molar-refractivity contribution in [2.75, 3.05) is 6.54 Å². The molecule has 4 saturated carbocycles. The minimum Gasteiger partial charge on any atom is -0.343 e. The van der Waals surface area contributed by atoms with Gasteiger partial charge in [0.15, 0.2) is 0 Å². The average Bonchev–Trinajstić information content (AvgIpc) is 2.28. The summed E-state index contributed by atoms with van der Waals surface area (Å²) in [6.45, 7) is 1.42. The third-order valence-corrected chi connectivity index (χ3v) is 6.29. The molecule has 1 nitrogen and oxygen atoms in total. The minimum absolute atomic E-state index is 0.815. The van der Waals surface area contributed by atoms with Gasteiger partial charge in [-0.3, -0.25) is 0 Å². The van der Waals surface area contributed by atoms with Gasteiger partial charge in [-0.15, -0.1) is 0 Å². The van der Waals surface area contributed by atoms with Gasteiger partial charge in [-0.2, -0.15) is 0 Å². The summed E-state index contributed by atoms with van der Waals surface area (Å²) in [6.07, 6.45) is 14.2. The van der Waals surface area contributed by atoms with Crippen LogP contribution in [0.4, 0.5) is 0 Å². The Balaban J connectivity index is 1.60. The fourth-order valence-corrected chi connectivity index (χ4v) is 6.13. The minimum atomic E-state index is 0.815. The van der Waals surface area contributed by atoms with Crippen LogP contribution in [-0.2, 0) is 0 Å². The topological polar surface area (TPSA) is 16.6 Å². The zero-order valence-corrected chi connectivity index (χ0v) is 10.5. The van der Waals surface area contributed by atoms with Crippen molar-refractivity contribution in [1.29, 1.82) is 0 Å². The van der Waals surface area contributed by atoms with E-state index in [2.05, 4.69) is 5.32 Å². The first kappa shape index (κ1) is 9.94. The molecule has 5 rings (SSSR count). The third kappa shape index (κ3) is 1.40. The van der Waals surface area contributed by atoms with E-state index in [9.17, 15) is 0 Å². The summed E-state index contributed by atoms with van der Waals surface area (Å²) in [5.74, 6) is 3.42. The summed E-state index contributed by atoms with van der Waals surface area (Å²) in [6, 6.07) is 1.02. The summed E-state index contributed by atoms with van der Waals surface area (Å²) in [7, 11) is 0. The van der Waals surface area contributed by atoms with E-state index in [1.807, 2.05) is 0 Å². The molecule has 0 amide bonds. The molecular weight excluding hydrogens is 194 g/mol. The van der Waals surface area contributed by atoms with Gasteiger partial charge in [-0.1, -0.05) is 0 Å². The van der Waals surface area contributed by atoms with E-state index in [1.165, 1.54) is 25.8 Å². The molecule has 4 aliphatic carbocycles. The van der Waals surface area contributed by atoms with E-state index >= 15 is 0 Å². The van der Waals surface area contributed by atoms with Crippen molar-refractivity contribution < 1.29 is 5.32 Å². The Hall–Kier alpha value is -0.0400. The highest BCUT2D eigenvalue weighted by Crippen LogP contribution is 2.61. The van der Waals surface area contributed by atoms with Gasteiger partial charge in [-0.05, 0) is 69.1 Å². The first-order valence-electron chi connectivity index (χ1n) is 7.67. The number of quaternary nitrogens is 1. The lowest BCUT2D eigenvalue weighted by molar-refractivity contribution is -0.713. The molecule has 2 N–H and O–H groups in total. The number of hydrogen-bond donors (Lipinski definition) is 1. The van der Waals surface area contributed by atoms with E-state index in [0.717, 1.165) is 29.2 Å². The molecule has 0 spiro atoms. The van der Waals surface area contributed by atoms with Gasteiger partial charge in [-0.25, -0.2) is 0 Å². The SMILES string of the molecule is C1CC[C@@H](C23CC4CC(CC(C4)C2)C3)[NH2+]C1. The molecule has 1 heterocycles. The van der Waals surface area contributed by atoms with Gasteiger partial charge in [0.1, 0.15) is 0 Å². The molecule has 90 valence electrons. The highest BCUT2D eigenvalue weighted by molar-refractivity contribution is 5.04. The number of hydrogen-bond acceptors (Lipinski definition) is 0. The Morgan fingerprint density at radius 3 is 1.94 bits per heavy atom. The molecule has 0 aromatic heterocycles. The van der Waals surface area contributed by atoms with Crippen molar-refractivity contribution >= 4 is 0 Å². The van der Waals surface area contributed by atoms with Crippen LogP contribution >= 0.6 is 0 Å². The fourth-order valence-electron chi connectivity index (χ4n) is 6.13. The van der Waals surface area contributed by atoms with Crippen molar-refractivity contribution in [2.45, 2.75) is 63.8 Å². The van der Waals surface area contributed by atoms with Crippen LogP contribution in [0.2, 0.25) is 0 Å². The first-order chi connectivity index (χ1) is 7.84. The van der Waals surface area contributed by atoms with E-state index in [4.69, 9.17) is 0 Å². The summed E-state index contributed by atoms with van der Waals surface area (Å²) in [5, 5.41) is 2.73. The van der Waals surface area contributed by atoms with E-state index in [-0.39, 0.29) is 0 Å². The molecule has 1 aliphatic heterocycles. The highest BCUT2D eigenvalue weighted by atomic mass is 14.9. The normalized spacial score (nSPS) is 55.5. The Labute approximate surface area is 99.4 Å². The second-order valence-electron chi connectivity index (χ2n) is 7.41. The number of piperidine rings is 1. The van der Waals surface area contributed by atoms with Gasteiger partial charge < -0.3 is 5.32 Å². The second kappa shape index (κ2) is 3.48. The lowest BCUT2D eigenvalue weighted by Crippen LogP contribution is -2.95. The smallest absolute Gasteiger partial charge is 0.0916 e. The molecule has 0 aromatic carbocycles. The lowest BCUT2D eigenvalue weighted by Gasteiger charge is -2.58. The standard InChI is InChI=1S/C15H25N/c1-2-4-16-14(3-1)15-8-11-5-12(9-15)7-13(6-11)10-15/h11-14,16H,1-10H2/p+1/t11?,12?,13?,14-,15?/m0/s1. The lowest BCUT2D eigenvalue weighted by atomic mass is 9.47. The van der Waals surface area contributed by atoms with E-state index < -0.39 is 0 Å². The van der Waals surface area contributed by atoms with Crippen LogP contribution in [0.15, 0.2) is 0 Å². The van der Waals surface area contributed by atoms with Gasteiger partial charge >= 0.3 is 0 Å². The molecular formula is C15H26N+. The Kier molecular flexibility index (Phi) is 2.16. The zero-order chi connectivity index (χ0) is 10.6. The molecule has 5 aliphatic rings. The highest BCUT2D eigenvalue weighted by Gasteiger charge is 2.55. The van der Waals surface area contributed by atoms with Crippen molar-refractivity contribution in [2.24, 2.45) is 23.2 Å². The van der Waals surface area contributed by atoms with Crippen LogP contribution in [0, 0.1) is 23.2 Å². The van der Waals surface area contributed by atoms with Crippen LogP contribution in [-0.4, -0.2) is 12.6 Å². The number of rotatable bonds is 1. The zero-order valence-electron chi connectivity index (χ0n) is 10.5. The molecule has 4 bridgehead atoms. The molecule has 16 heavy (non-hydrogen) atoms. The largest absolute Gasteiger partial charge is 0.343 e. The van der Waals surface area contributed by atoms with Crippen LogP contribution < -0.4 is 5.32 Å². The average molecular weight is 220 g/mol. The fraction of sp³-hybridized carbons (Fsp3) is 1.00. The summed E-state index contributed by atoms with van der Waals surface area (Å²) >= 11 is 0. The van der Waals surface area contributed by atoms with E-state index in [1.54, 1.807) is 38.5 Å². The molecule has 0 radical (unpaired) electrons. The van der Waals surface area contributed by atoms with Crippen molar-refractivity contribution in [1.82, 2.24) is 0 Å².